The predicted molar refractivity (Wildman–Crippen MR) is 79.3 cm³/mol. The first-order valence-electron chi connectivity index (χ1n) is 6.61. The molecule has 2 rings (SSSR count). The van der Waals surface area contributed by atoms with E-state index in [1.807, 2.05) is 27.7 Å². The fourth-order valence-electron chi connectivity index (χ4n) is 2.12. The number of carbonyl (C=O) groups is 1. The molecule has 0 spiro atoms. The summed E-state index contributed by atoms with van der Waals surface area (Å²) in [5, 5.41) is 0.460. The molecular formula is C14H19BClNO3. The van der Waals surface area contributed by atoms with E-state index in [0.29, 0.717) is 10.5 Å². The summed E-state index contributed by atoms with van der Waals surface area (Å²) in [6.07, 6.45) is 3.46. The number of Topliss-reactive ketones (excluding diaryl/α,β-unsaturated/α-hetero) is 1. The molecule has 6 heteroatoms. The van der Waals surface area contributed by atoms with E-state index in [1.165, 1.54) is 6.92 Å². The number of hydrogen-bond donors (Lipinski definition) is 0. The minimum absolute atomic E-state index is 0.0480. The Morgan fingerprint density at radius 1 is 1.25 bits per heavy atom. The van der Waals surface area contributed by atoms with E-state index in [-0.39, 0.29) is 12.2 Å². The second-order valence-electron chi connectivity index (χ2n) is 6.16. The van der Waals surface area contributed by atoms with Gasteiger partial charge in [0.05, 0.1) is 16.2 Å². The minimum Gasteiger partial charge on any atom is -0.399 e. The minimum atomic E-state index is -0.579. The molecule has 1 aromatic heterocycles. The van der Waals surface area contributed by atoms with Crippen LogP contribution >= 0.6 is 11.6 Å². The maximum absolute atomic E-state index is 11.4. The number of ketones is 1. The third-order valence-corrected chi connectivity index (χ3v) is 4.25. The van der Waals surface area contributed by atoms with Gasteiger partial charge in [-0.25, -0.2) is 0 Å². The molecule has 20 heavy (non-hydrogen) atoms. The molecule has 0 atom stereocenters. The number of carbonyl (C=O) groups excluding carboxylic acids is 1. The van der Waals surface area contributed by atoms with Crippen LogP contribution in [0, 0.1) is 0 Å². The Balaban J connectivity index is 2.41. The zero-order valence-electron chi connectivity index (χ0n) is 12.5. The van der Waals surface area contributed by atoms with Crippen LogP contribution in [-0.2, 0) is 20.5 Å². The summed E-state index contributed by atoms with van der Waals surface area (Å²) < 4.78 is 12.0. The molecular weight excluding hydrogens is 276 g/mol. The van der Waals surface area contributed by atoms with Crippen LogP contribution < -0.4 is 5.46 Å². The van der Waals surface area contributed by atoms with Crippen molar-refractivity contribution in [2.24, 2.45) is 0 Å². The lowest BCUT2D eigenvalue weighted by molar-refractivity contribution is -0.116. The highest BCUT2D eigenvalue weighted by molar-refractivity contribution is 6.66. The third kappa shape index (κ3) is 2.75. The van der Waals surface area contributed by atoms with Crippen molar-refractivity contribution in [1.29, 1.82) is 0 Å². The Kier molecular flexibility index (Phi) is 3.97. The average Bonchev–Trinajstić information content (AvgIpc) is 2.46. The molecule has 1 aromatic rings. The second-order valence-corrected chi connectivity index (χ2v) is 6.57. The lowest BCUT2D eigenvalue weighted by atomic mass is 9.75. The zero-order valence-corrected chi connectivity index (χ0v) is 13.2. The molecule has 1 saturated heterocycles. The van der Waals surface area contributed by atoms with E-state index in [1.54, 1.807) is 12.4 Å². The van der Waals surface area contributed by atoms with Crippen molar-refractivity contribution in [2.75, 3.05) is 0 Å². The van der Waals surface area contributed by atoms with Gasteiger partial charge in [0.2, 0.25) is 0 Å². The third-order valence-electron chi connectivity index (χ3n) is 3.95. The standard InChI is InChI=1S/C14H19BClNO3/c1-9(18)6-10-7-17-8-11(16)12(10)15-19-13(2,3)14(4,5)20-15/h7-8H,6H2,1-5H3. The Labute approximate surface area is 125 Å². The lowest BCUT2D eigenvalue weighted by Gasteiger charge is -2.32. The Morgan fingerprint density at radius 3 is 2.30 bits per heavy atom. The van der Waals surface area contributed by atoms with Crippen molar-refractivity contribution in [2.45, 2.75) is 52.2 Å². The predicted octanol–water partition coefficient (Wildman–Crippen LogP) is 2.17. The van der Waals surface area contributed by atoms with E-state index in [2.05, 4.69) is 4.98 Å². The van der Waals surface area contributed by atoms with Crippen molar-refractivity contribution in [1.82, 2.24) is 4.98 Å². The summed E-state index contributed by atoms with van der Waals surface area (Å²) in [6.45, 7) is 9.45. The van der Waals surface area contributed by atoms with Gasteiger partial charge in [-0.1, -0.05) is 11.6 Å². The van der Waals surface area contributed by atoms with Crippen LogP contribution in [0.4, 0.5) is 0 Å². The van der Waals surface area contributed by atoms with Gasteiger partial charge < -0.3 is 9.31 Å². The molecule has 2 heterocycles. The van der Waals surface area contributed by atoms with Crippen molar-refractivity contribution in [3.63, 3.8) is 0 Å². The maximum Gasteiger partial charge on any atom is 0.496 e. The first-order chi connectivity index (χ1) is 9.14. The number of nitrogens with zero attached hydrogens (tertiary/aromatic N) is 1. The molecule has 0 saturated carbocycles. The van der Waals surface area contributed by atoms with Crippen LogP contribution in [0.1, 0.15) is 40.2 Å². The Morgan fingerprint density at radius 2 is 1.80 bits per heavy atom. The molecule has 0 amide bonds. The van der Waals surface area contributed by atoms with E-state index in [4.69, 9.17) is 20.9 Å². The topological polar surface area (TPSA) is 48.4 Å². The summed E-state index contributed by atoms with van der Waals surface area (Å²) in [5.41, 5.74) is 0.564. The van der Waals surface area contributed by atoms with E-state index in [9.17, 15) is 4.79 Å². The summed E-state index contributed by atoms with van der Waals surface area (Å²) in [4.78, 5) is 15.4. The van der Waals surface area contributed by atoms with Gasteiger partial charge in [0.15, 0.2) is 0 Å². The quantitative estimate of drug-likeness (QED) is 0.802. The van der Waals surface area contributed by atoms with E-state index >= 15 is 0 Å². The first kappa shape index (κ1) is 15.5. The number of aromatic nitrogens is 1. The fraction of sp³-hybridized carbons (Fsp3) is 0.571. The van der Waals surface area contributed by atoms with Gasteiger partial charge in [0.25, 0.3) is 0 Å². The molecule has 1 aliphatic rings. The van der Waals surface area contributed by atoms with E-state index in [0.717, 1.165) is 5.56 Å². The van der Waals surface area contributed by atoms with Crippen LogP contribution in [0.15, 0.2) is 12.4 Å². The molecule has 0 unspecified atom stereocenters. The molecule has 108 valence electrons. The molecule has 1 fully saturated rings. The summed E-state index contributed by atoms with van der Waals surface area (Å²) in [6, 6.07) is 0. The zero-order chi connectivity index (χ0) is 15.1. The van der Waals surface area contributed by atoms with Gasteiger partial charge in [-0.15, -0.1) is 0 Å². The van der Waals surface area contributed by atoms with Crippen molar-refractivity contribution < 1.29 is 14.1 Å². The summed E-state index contributed by atoms with van der Waals surface area (Å²) in [7, 11) is -0.579. The highest BCUT2D eigenvalue weighted by Crippen LogP contribution is 2.37. The molecule has 0 aromatic carbocycles. The normalized spacial score (nSPS) is 20.2. The van der Waals surface area contributed by atoms with Gasteiger partial charge >= 0.3 is 7.12 Å². The fourth-order valence-corrected chi connectivity index (χ4v) is 2.39. The Bertz CT molecular complexity index is 529. The van der Waals surface area contributed by atoms with Crippen LogP contribution in [0.25, 0.3) is 0 Å². The van der Waals surface area contributed by atoms with Crippen molar-refractivity contribution in [3.05, 3.63) is 23.0 Å². The van der Waals surface area contributed by atoms with Crippen LogP contribution in [0.2, 0.25) is 5.02 Å². The van der Waals surface area contributed by atoms with Crippen LogP contribution in [0.5, 0.6) is 0 Å². The largest absolute Gasteiger partial charge is 0.496 e. The number of halogens is 1. The van der Waals surface area contributed by atoms with Gasteiger partial charge in [-0.3, -0.25) is 9.78 Å². The average molecular weight is 296 g/mol. The van der Waals surface area contributed by atoms with Crippen LogP contribution in [-0.4, -0.2) is 29.1 Å². The maximum atomic E-state index is 11.4. The summed E-state index contributed by atoms with van der Waals surface area (Å²) in [5.74, 6) is 0.0480. The Hall–Kier alpha value is -0.905. The smallest absolute Gasteiger partial charge is 0.399 e. The molecule has 0 aliphatic carbocycles. The van der Waals surface area contributed by atoms with Crippen molar-refractivity contribution in [3.8, 4) is 0 Å². The van der Waals surface area contributed by atoms with Gasteiger partial charge in [0.1, 0.15) is 5.78 Å². The molecule has 4 nitrogen and oxygen atoms in total. The van der Waals surface area contributed by atoms with Gasteiger partial charge in [-0.2, -0.15) is 0 Å². The molecule has 0 radical (unpaired) electrons. The molecule has 1 aliphatic heterocycles. The van der Waals surface area contributed by atoms with Gasteiger partial charge in [0, 0.05) is 24.3 Å². The van der Waals surface area contributed by atoms with E-state index < -0.39 is 18.3 Å². The molecule has 0 N–H and O–H groups in total. The number of pyridine rings is 1. The number of hydrogen-bond acceptors (Lipinski definition) is 4. The van der Waals surface area contributed by atoms with Gasteiger partial charge in [-0.05, 0) is 40.2 Å². The second kappa shape index (κ2) is 5.13. The lowest BCUT2D eigenvalue weighted by Crippen LogP contribution is -2.41. The highest BCUT2D eigenvalue weighted by Gasteiger charge is 2.52. The number of rotatable bonds is 3. The SMILES string of the molecule is CC(=O)Cc1cncc(Cl)c1B1OC(C)(C)C(C)(C)O1. The molecule has 0 bridgehead atoms. The van der Waals surface area contributed by atoms with Crippen molar-refractivity contribution >= 4 is 30.0 Å². The monoisotopic (exact) mass is 295 g/mol. The first-order valence-corrected chi connectivity index (χ1v) is 6.99. The summed E-state index contributed by atoms with van der Waals surface area (Å²) >= 11 is 6.25. The highest BCUT2D eigenvalue weighted by atomic mass is 35.5. The van der Waals surface area contributed by atoms with Crippen LogP contribution in [0.3, 0.4) is 0 Å².